The highest BCUT2D eigenvalue weighted by molar-refractivity contribution is 7.99. The molecule has 1 aliphatic carbocycles. The number of carbonyl (C=O) groups is 1. The zero-order valence-corrected chi connectivity index (χ0v) is 14.9. The molecule has 126 valence electrons. The lowest BCUT2D eigenvalue weighted by atomic mass is 10.1. The maximum Gasteiger partial charge on any atom is 0.310 e. The Morgan fingerprint density at radius 2 is 2.13 bits per heavy atom. The maximum atomic E-state index is 12.4. The van der Waals surface area contributed by atoms with Crippen LogP contribution in [-0.4, -0.2) is 11.7 Å². The summed E-state index contributed by atoms with van der Waals surface area (Å²) in [7, 11) is 0. The molecule has 0 saturated heterocycles. The number of alkyl halides is 2. The molecule has 1 aromatic rings. The van der Waals surface area contributed by atoms with Gasteiger partial charge in [0, 0.05) is 4.90 Å². The van der Waals surface area contributed by atoms with Crippen molar-refractivity contribution in [1.82, 2.24) is 0 Å². The van der Waals surface area contributed by atoms with Gasteiger partial charge in [0.15, 0.2) is 0 Å². The number of hydrogen-bond donors (Lipinski definition) is 0. The van der Waals surface area contributed by atoms with E-state index in [1.54, 1.807) is 30.3 Å². The van der Waals surface area contributed by atoms with E-state index in [0.717, 1.165) is 0 Å². The SMILES string of the molecule is CC1(C)C(C=C(Cl)Cl)C1C(=O)OCc1cccc(SC(F)F)c1. The standard InChI is InChI=1S/C16H16Cl2F2O2S/c1-16(2)11(7-12(17)18)13(16)14(21)22-8-9-4-3-5-10(6-9)23-15(19)20/h3-7,11,13,15H,8H2,1-2H3. The Balaban J connectivity index is 1.94. The van der Waals surface area contributed by atoms with Crippen LogP contribution in [0.5, 0.6) is 0 Å². The van der Waals surface area contributed by atoms with E-state index < -0.39 is 5.76 Å². The van der Waals surface area contributed by atoms with E-state index >= 15 is 0 Å². The summed E-state index contributed by atoms with van der Waals surface area (Å²) in [4.78, 5) is 12.6. The number of esters is 1. The number of rotatable bonds is 6. The van der Waals surface area contributed by atoms with Crippen LogP contribution in [0.25, 0.3) is 0 Å². The van der Waals surface area contributed by atoms with Gasteiger partial charge in [-0.25, -0.2) is 0 Å². The van der Waals surface area contributed by atoms with Crippen LogP contribution in [0.4, 0.5) is 8.78 Å². The zero-order chi connectivity index (χ0) is 17.2. The fourth-order valence-corrected chi connectivity index (χ4v) is 3.48. The van der Waals surface area contributed by atoms with Crippen LogP contribution in [-0.2, 0) is 16.1 Å². The Hall–Kier alpha value is -0.780. The highest BCUT2D eigenvalue weighted by Crippen LogP contribution is 2.60. The summed E-state index contributed by atoms with van der Waals surface area (Å²) in [5.74, 6) is -3.17. The first-order valence-corrected chi connectivity index (χ1v) is 8.58. The summed E-state index contributed by atoms with van der Waals surface area (Å²) in [5, 5.41) is 0. The topological polar surface area (TPSA) is 26.3 Å². The van der Waals surface area contributed by atoms with Crippen molar-refractivity contribution in [2.45, 2.75) is 31.1 Å². The second-order valence-electron chi connectivity index (χ2n) is 5.91. The van der Waals surface area contributed by atoms with E-state index in [1.807, 2.05) is 13.8 Å². The predicted octanol–water partition coefficient (Wildman–Crippen LogP) is 5.64. The number of carbonyl (C=O) groups excluding carboxylic acids is 1. The van der Waals surface area contributed by atoms with Crippen LogP contribution < -0.4 is 0 Å². The first-order valence-electron chi connectivity index (χ1n) is 6.95. The van der Waals surface area contributed by atoms with Gasteiger partial charge in [-0.2, -0.15) is 8.78 Å². The number of thioether (sulfide) groups is 1. The van der Waals surface area contributed by atoms with Gasteiger partial charge >= 0.3 is 5.97 Å². The van der Waals surface area contributed by atoms with E-state index in [1.165, 1.54) is 0 Å². The lowest BCUT2D eigenvalue weighted by Crippen LogP contribution is -2.10. The fourth-order valence-electron chi connectivity index (χ4n) is 2.63. The number of ether oxygens (including phenoxy) is 1. The van der Waals surface area contributed by atoms with Crippen LogP contribution >= 0.6 is 35.0 Å². The van der Waals surface area contributed by atoms with Crippen molar-refractivity contribution >= 4 is 40.9 Å². The third-order valence-electron chi connectivity index (χ3n) is 3.97. The normalized spacial score (nSPS) is 21.9. The monoisotopic (exact) mass is 380 g/mol. The molecule has 2 unspecified atom stereocenters. The Kier molecular flexibility index (Phi) is 5.98. The van der Waals surface area contributed by atoms with Gasteiger partial charge in [-0.3, -0.25) is 4.79 Å². The Bertz CT molecular complexity index is 616. The molecular formula is C16H16Cl2F2O2S. The molecule has 2 rings (SSSR count). The minimum atomic E-state index is -2.48. The highest BCUT2D eigenvalue weighted by Gasteiger charge is 2.61. The van der Waals surface area contributed by atoms with Crippen molar-refractivity contribution in [1.29, 1.82) is 0 Å². The first kappa shape index (κ1) is 18.6. The second-order valence-corrected chi connectivity index (χ2v) is 7.99. The van der Waals surface area contributed by atoms with E-state index in [9.17, 15) is 13.6 Å². The summed E-state index contributed by atoms with van der Waals surface area (Å²) in [6.45, 7) is 3.93. The van der Waals surface area contributed by atoms with Gasteiger partial charge in [-0.05, 0) is 35.1 Å². The van der Waals surface area contributed by atoms with Crippen molar-refractivity contribution in [3.63, 3.8) is 0 Å². The third kappa shape index (κ3) is 4.85. The molecule has 0 heterocycles. The molecule has 2 atom stereocenters. The number of hydrogen-bond acceptors (Lipinski definition) is 3. The van der Waals surface area contributed by atoms with Gasteiger partial charge in [0.2, 0.25) is 0 Å². The molecule has 23 heavy (non-hydrogen) atoms. The van der Waals surface area contributed by atoms with E-state index in [4.69, 9.17) is 27.9 Å². The molecule has 0 bridgehead atoms. The van der Waals surface area contributed by atoms with Gasteiger partial charge in [0.05, 0.1) is 5.92 Å². The lowest BCUT2D eigenvalue weighted by Gasteiger charge is -2.07. The van der Waals surface area contributed by atoms with Crippen molar-refractivity contribution < 1.29 is 18.3 Å². The minimum Gasteiger partial charge on any atom is -0.461 e. The van der Waals surface area contributed by atoms with Crippen LogP contribution in [0.15, 0.2) is 39.7 Å². The van der Waals surface area contributed by atoms with Gasteiger partial charge in [-0.1, -0.05) is 60.9 Å². The van der Waals surface area contributed by atoms with Crippen LogP contribution in [0, 0.1) is 17.3 Å². The Morgan fingerprint density at radius 1 is 1.43 bits per heavy atom. The van der Waals surface area contributed by atoms with Crippen LogP contribution in [0.1, 0.15) is 19.4 Å². The molecule has 0 spiro atoms. The molecule has 2 nitrogen and oxygen atoms in total. The lowest BCUT2D eigenvalue weighted by molar-refractivity contribution is -0.147. The van der Waals surface area contributed by atoms with Gasteiger partial charge in [0.25, 0.3) is 5.76 Å². The summed E-state index contributed by atoms with van der Waals surface area (Å²) < 4.78 is 30.2. The summed E-state index contributed by atoms with van der Waals surface area (Å²) in [6, 6.07) is 6.58. The fraction of sp³-hybridized carbons (Fsp3) is 0.438. The van der Waals surface area contributed by atoms with Gasteiger partial charge in [-0.15, -0.1) is 0 Å². The summed E-state index contributed by atoms with van der Waals surface area (Å²) >= 11 is 11.8. The molecule has 1 aromatic carbocycles. The minimum absolute atomic E-state index is 0.0497. The quantitative estimate of drug-likeness (QED) is 0.472. The second kappa shape index (κ2) is 7.41. The largest absolute Gasteiger partial charge is 0.461 e. The smallest absolute Gasteiger partial charge is 0.310 e. The average Bonchev–Trinajstić information content (AvgIpc) is 2.96. The zero-order valence-electron chi connectivity index (χ0n) is 12.6. The van der Waals surface area contributed by atoms with Gasteiger partial charge < -0.3 is 4.74 Å². The van der Waals surface area contributed by atoms with E-state index in [0.29, 0.717) is 22.2 Å². The molecular weight excluding hydrogens is 365 g/mol. The molecule has 1 aliphatic rings. The van der Waals surface area contributed by atoms with Crippen LogP contribution in [0.3, 0.4) is 0 Å². The van der Waals surface area contributed by atoms with Crippen LogP contribution in [0.2, 0.25) is 0 Å². The molecule has 0 aliphatic heterocycles. The predicted molar refractivity (Wildman–Crippen MR) is 88.6 cm³/mol. The number of allylic oxidation sites excluding steroid dienone is 1. The van der Waals surface area contributed by atoms with Crippen molar-refractivity contribution in [3.8, 4) is 0 Å². The summed E-state index contributed by atoms with van der Waals surface area (Å²) in [5.41, 5.74) is 0.421. The molecule has 0 radical (unpaired) electrons. The molecule has 7 heteroatoms. The molecule has 0 aromatic heterocycles. The van der Waals surface area contributed by atoms with E-state index in [-0.39, 0.29) is 34.3 Å². The van der Waals surface area contributed by atoms with Crippen molar-refractivity contribution in [2.24, 2.45) is 17.3 Å². The Labute approximate surface area is 148 Å². The molecule has 0 N–H and O–H groups in total. The van der Waals surface area contributed by atoms with Crippen molar-refractivity contribution in [3.05, 3.63) is 40.4 Å². The van der Waals surface area contributed by atoms with Crippen molar-refractivity contribution in [2.75, 3.05) is 0 Å². The highest BCUT2D eigenvalue weighted by atomic mass is 35.5. The average molecular weight is 381 g/mol. The molecule has 1 saturated carbocycles. The number of benzene rings is 1. The Morgan fingerprint density at radius 3 is 2.74 bits per heavy atom. The molecule has 0 amide bonds. The number of halogens is 4. The molecule has 1 fully saturated rings. The maximum absolute atomic E-state index is 12.4. The third-order valence-corrected chi connectivity index (χ3v) is 4.93. The first-order chi connectivity index (χ1) is 10.7. The van der Waals surface area contributed by atoms with E-state index in [2.05, 4.69) is 0 Å². The van der Waals surface area contributed by atoms with Gasteiger partial charge in [0.1, 0.15) is 11.1 Å². The summed E-state index contributed by atoms with van der Waals surface area (Å²) in [6.07, 6.45) is 1.65.